The molecule has 1 fully saturated rings. The van der Waals surface area contributed by atoms with Crippen LogP contribution >= 0.6 is 0 Å². The lowest BCUT2D eigenvalue weighted by molar-refractivity contribution is 0.148. The molecule has 3 rings (SSSR count). The molecule has 1 aliphatic rings. The summed E-state index contributed by atoms with van der Waals surface area (Å²) >= 11 is 0. The molecule has 2 aromatic heterocycles. The van der Waals surface area contributed by atoms with Gasteiger partial charge in [-0.25, -0.2) is 17.2 Å². The predicted molar refractivity (Wildman–Crippen MR) is 87.4 cm³/mol. The zero-order valence-corrected chi connectivity index (χ0v) is 14.1. The second-order valence-electron chi connectivity index (χ2n) is 6.27. The highest BCUT2D eigenvalue weighted by molar-refractivity contribution is 7.89. The zero-order valence-electron chi connectivity index (χ0n) is 13.3. The molecule has 2 aromatic rings. The predicted octanol–water partition coefficient (Wildman–Crippen LogP) is 0.0184. The van der Waals surface area contributed by atoms with E-state index >= 15 is 0 Å². The quantitative estimate of drug-likeness (QED) is 0.831. The van der Waals surface area contributed by atoms with E-state index in [1.807, 2.05) is 28.8 Å². The first kappa shape index (κ1) is 16.4. The average molecular weight is 338 g/mol. The normalized spacial score (nSPS) is 23.1. The molecule has 1 aliphatic heterocycles. The van der Waals surface area contributed by atoms with E-state index in [-0.39, 0.29) is 11.7 Å². The van der Waals surface area contributed by atoms with Crippen LogP contribution < -0.4 is 0 Å². The lowest BCUT2D eigenvalue weighted by Gasteiger charge is -2.18. The van der Waals surface area contributed by atoms with Crippen molar-refractivity contribution in [3.05, 3.63) is 36.2 Å². The van der Waals surface area contributed by atoms with Gasteiger partial charge in [-0.05, 0) is 18.2 Å². The summed E-state index contributed by atoms with van der Waals surface area (Å²) in [5.41, 5.74) is 2.05. The summed E-state index contributed by atoms with van der Waals surface area (Å²) in [6.45, 7) is 1.67. The fourth-order valence-corrected chi connectivity index (χ4v) is 4.18. The van der Waals surface area contributed by atoms with Crippen LogP contribution in [0.2, 0.25) is 0 Å². The molecule has 2 atom stereocenters. The second kappa shape index (κ2) is 6.20. The summed E-state index contributed by atoms with van der Waals surface area (Å²) < 4.78 is 27.1. The maximum absolute atomic E-state index is 12.0. The van der Waals surface area contributed by atoms with E-state index in [9.17, 15) is 13.5 Å². The summed E-state index contributed by atoms with van der Waals surface area (Å²) in [5.74, 6) is -0.289. The van der Waals surface area contributed by atoms with Crippen LogP contribution in [0.5, 0.6) is 0 Å². The van der Waals surface area contributed by atoms with Crippen LogP contribution in [0.25, 0.3) is 5.52 Å². The lowest BCUT2D eigenvalue weighted by atomic mass is 10.1. The number of β-amino-alcohol motifs (C(OH)–C–C–N with tert-alkyl or cyclic N) is 1. The van der Waals surface area contributed by atoms with Crippen molar-refractivity contribution in [1.29, 1.82) is 0 Å². The molecule has 0 amide bonds. The summed E-state index contributed by atoms with van der Waals surface area (Å²) in [5, 5.41) is 14.5. The largest absolute Gasteiger partial charge is 0.391 e. The summed E-state index contributed by atoms with van der Waals surface area (Å²) in [4.78, 5) is 2.08. The number of hydrogen-bond acceptors (Lipinski definition) is 5. The van der Waals surface area contributed by atoms with Crippen LogP contribution in [-0.4, -0.2) is 71.4 Å². The molecule has 0 aliphatic carbocycles. The Hall–Kier alpha value is -1.48. The average Bonchev–Trinajstić information content (AvgIpc) is 3.06. The fourth-order valence-electron chi connectivity index (χ4n) is 3.01. The van der Waals surface area contributed by atoms with Crippen molar-refractivity contribution in [2.24, 2.45) is 5.92 Å². The third-order valence-corrected chi connectivity index (χ3v) is 6.31. The summed E-state index contributed by atoms with van der Waals surface area (Å²) in [6, 6.07) is 7.90. The molecular weight excluding hydrogens is 316 g/mol. The van der Waals surface area contributed by atoms with Gasteiger partial charge in [0.15, 0.2) is 0 Å². The molecule has 0 aromatic carbocycles. The smallest absolute Gasteiger partial charge is 0.214 e. The standard InChI is InChI=1S/C15H22N4O3S/c1-17(2)23(21,22)11-12-8-18(10-15(12)20)9-14-5-3-4-13-6-7-16-19(13)14/h3-7,12,15,20H,8-11H2,1-2H3/t12-,15+/m0/s1. The first-order valence-electron chi connectivity index (χ1n) is 7.59. The van der Waals surface area contributed by atoms with Crippen molar-refractivity contribution < 1.29 is 13.5 Å². The minimum absolute atomic E-state index is 0.0242. The van der Waals surface area contributed by atoms with Gasteiger partial charge in [0.1, 0.15) is 0 Å². The highest BCUT2D eigenvalue weighted by Gasteiger charge is 2.35. The molecule has 1 N–H and O–H groups in total. The van der Waals surface area contributed by atoms with Gasteiger partial charge >= 0.3 is 0 Å². The van der Waals surface area contributed by atoms with E-state index in [1.165, 1.54) is 18.4 Å². The molecule has 1 saturated heterocycles. The molecular formula is C15H22N4O3S. The Labute approximate surface area is 136 Å². The van der Waals surface area contributed by atoms with Gasteiger partial charge < -0.3 is 5.11 Å². The molecule has 3 heterocycles. The lowest BCUT2D eigenvalue weighted by Crippen LogP contribution is -2.33. The van der Waals surface area contributed by atoms with Crippen LogP contribution in [0.4, 0.5) is 0 Å². The maximum atomic E-state index is 12.0. The highest BCUT2D eigenvalue weighted by atomic mass is 32.2. The Morgan fingerprint density at radius 2 is 2.09 bits per heavy atom. The van der Waals surface area contributed by atoms with Gasteiger partial charge in [0.25, 0.3) is 0 Å². The molecule has 23 heavy (non-hydrogen) atoms. The molecule has 7 nitrogen and oxygen atoms in total. The van der Waals surface area contributed by atoms with Crippen molar-refractivity contribution in [3.63, 3.8) is 0 Å². The Morgan fingerprint density at radius 3 is 2.83 bits per heavy atom. The van der Waals surface area contributed by atoms with E-state index in [2.05, 4.69) is 10.00 Å². The van der Waals surface area contributed by atoms with Crippen LogP contribution in [0.15, 0.2) is 30.5 Å². The van der Waals surface area contributed by atoms with Crippen LogP contribution in [0, 0.1) is 5.92 Å². The Morgan fingerprint density at radius 1 is 1.30 bits per heavy atom. The Kier molecular flexibility index (Phi) is 4.41. The minimum atomic E-state index is -3.31. The Balaban J connectivity index is 1.71. The molecule has 0 radical (unpaired) electrons. The summed E-state index contributed by atoms with van der Waals surface area (Å²) in [7, 11) is -0.266. The summed E-state index contributed by atoms with van der Waals surface area (Å²) in [6.07, 6.45) is 1.13. The van der Waals surface area contributed by atoms with Crippen molar-refractivity contribution in [3.8, 4) is 0 Å². The number of likely N-dealkylation sites (tertiary alicyclic amines) is 1. The molecule has 0 unspecified atom stereocenters. The molecule has 126 valence electrons. The number of rotatable bonds is 5. The Bertz CT molecular complexity index is 787. The van der Waals surface area contributed by atoms with Gasteiger partial charge in [-0.15, -0.1) is 0 Å². The fraction of sp³-hybridized carbons (Fsp3) is 0.533. The highest BCUT2D eigenvalue weighted by Crippen LogP contribution is 2.22. The second-order valence-corrected chi connectivity index (χ2v) is 8.49. The van der Waals surface area contributed by atoms with Crippen LogP contribution in [0.3, 0.4) is 0 Å². The molecule has 0 spiro atoms. The number of aliphatic hydroxyl groups is 1. The number of hydrogen-bond donors (Lipinski definition) is 1. The molecule has 8 heteroatoms. The van der Waals surface area contributed by atoms with Gasteiger partial charge in [0.2, 0.25) is 10.0 Å². The number of sulfonamides is 1. The first-order chi connectivity index (χ1) is 10.9. The van der Waals surface area contributed by atoms with Crippen molar-refractivity contribution in [1.82, 2.24) is 18.8 Å². The van der Waals surface area contributed by atoms with Gasteiger partial charge in [-0.1, -0.05) is 6.07 Å². The number of aromatic nitrogens is 2. The van der Waals surface area contributed by atoms with Gasteiger partial charge in [0.05, 0.1) is 23.1 Å². The molecule has 0 saturated carbocycles. The number of fused-ring (bicyclic) bond motifs is 1. The minimum Gasteiger partial charge on any atom is -0.391 e. The number of nitrogens with zero attached hydrogens (tertiary/aromatic N) is 4. The third-order valence-electron chi connectivity index (χ3n) is 4.35. The SMILES string of the molecule is CN(C)S(=O)(=O)C[C@@H]1CN(Cc2cccc3ccnn23)C[C@H]1O. The van der Waals surface area contributed by atoms with E-state index in [0.717, 1.165) is 11.2 Å². The van der Waals surface area contributed by atoms with Gasteiger partial charge in [0, 0.05) is 45.8 Å². The van der Waals surface area contributed by atoms with E-state index in [1.54, 1.807) is 6.20 Å². The van der Waals surface area contributed by atoms with E-state index < -0.39 is 16.1 Å². The number of pyridine rings is 1. The maximum Gasteiger partial charge on any atom is 0.214 e. The topological polar surface area (TPSA) is 78.2 Å². The van der Waals surface area contributed by atoms with Crippen LogP contribution in [0.1, 0.15) is 5.69 Å². The zero-order chi connectivity index (χ0) is 16.6. The monoisotopic (exact) mass is 338 g/mol. The van der Waals surface area contributed by atoms with Gasteiger partial charge in [-0.2, -0.15) is 5.10 Å². The molecule has 0 bridgehead atoms. The van der Waals surface area contributed by atoms with Gasteiger partial charge in [-0.3, -0.25) is 4.90 Å². The number of aliphatic hydroxyl groups excluding tert-OH is 1. The third kappa shape index (κ3) is 3.40. The van der Waals surface area contributed by atoms with E-state index in [0.29, 0.717) is 19.6 Å². The van der Waals surface area contributed by atoms with Crippen LogP contribution in [-0.2, 0) is 16.6 Å². The first-order valence-corrected chi connectivity index (χ1v) is 9.20. The van der Waals surface area contributed by atoms with E-state index in [4.69, 9.17) is 0 Å². The van der Waals surface area contributed by atoms with Crippen molar-refractivity contribution >= 4 is 15.5 Å². The van der Waals surface area contributed by atoms with Crippen molar-refractivity contribution in [2.45, 2.75) is 12.6 Å². The van der Waals surface area contributed by atoms with Crippen molar-refractivity contribution in [2.75, 3.05) is 32.9 Å².